The lowest BCUT2D eigenvalue weighted by molar-refractivity contribution is -0.122. The molecule has 1 aromatic carbocycles. The minimum absolute atomic E-state index is 0.0368. The number of halogens is 2. The molecule has 2 N–H and O–H groups in total. The van der Waals surface area contributed by atoms with Crippen LogP contribution >= 0.6 is 0 Å². The van der Waals surface area contributed by atoms with Crippen molar-refractivity contribution in [2.75, 3.05) is 26.4 Å². The summed E-state index contributed by atoms with van der Waals surface area (Å²) >= 11 is 0. The number of hydrogen-bond acceptors (Lipinski definition) is 5. The first-order valence-corrected chi connectivity index (χ1v) is 7.87. The van der Waals surface area contributed by atoms with Gasteiger partial charge in [-0.15, -0.1) is 0 Å². The standard InChI is InChI=1S/C16H22F2N2O4/c1-2-23-13-5-3-4-11(15(13)24-16(17)18)9-20-14(21)8-12-10-22-7-6-19-12/h3-5,12,16,19H,2,6-10H2,1H3,(H,20,21). The number of amides is 1. The minimum atomic E-state index is -2.97. The summed E-state index contributed by atoms with van der Waals surface area (Å²) < 4.78 is 40.5. The number of para-hydroxylation sites is 1. The molecule has 1 amide bonds. The van der Waals surface area contributed by atoms with Crippen molar-refractivity contribution in [1.82, 2.24) is 10.6 Å². The topological polar surface area (TPSA) is 68.8 Å². The van der Waals surface area contributed by atoms with Crippen molar-refractivity contribution in [2.24, 2.45) is 0 Å². The van der Waals surface area contributed by atoms with Crippen molar-refractivity contribution in [1.29, 1.82) is 0 Å². The lowest BCUT2D eigenvalue weighted by Gasteiger charge is -2.23. The summed E-state index contributed by atoms with van der Waals surface area (Å²) in [6.07, 6.45) is 0.260. The van der Waals surface area contributed by atoms with E-state index in [1.54, 1.807) is 25.1 Å². The lowest BCUT2D eigenvalue weighted by atomic mass is 10.1. The molecule has 1 atom stereocenters. The molecule has 1 heterocycles. The van der Waals surface area contributed by atoms with Crippen LogP contribution in [0.2, 0.25) is 0 Å². The Balaban J connectivity index is 1.97. The highest BCUT2D eigenvalue weighted by Gasteiger charge is 2.19. The molecule has 8 heteroatoms. The number of carbonyl (C=O) groups excluding carboxylic acids is 1. The zero-order valence-corrected chi connectivity index (χ0v) is 13.5. The maximum Gasteiger partial charge on any atom is 0.387 e. The van der Waals surface area contributed by atoms with Crippen molar-refractivity contribution in [2.45, 2.75) is 32.5 Å². The van der Waals surface area contributed by atoms with Crippen molar-refractivity contribution in [3.05, 3.63) is 23.8 Å². The summed E-state index contributed by atoms with van der Waals surface area (Å²) in [5.41, 5.74) is 0.433. The zero-order valence-electron chi connectivity index (χ0n) is 13.5. The van der Waals surface area contributed by atoms with Gasteiger partial charge in [0.2, 0.25) is 5.91 Å². The number of ether oxygens (including phenoxy) is 3. The smallest absolute Gasteiger partial charge is 0.387 e. The molecule has 134 valence electrons. The molecule has 1 unspecified atom stereocenters. The second-order valence-corrected chi connectivity index (χ2v) is 5.26. The van der Waals surface area contributed by atoms with Gasteiger partial charge in [-0.05, 0) is 13.0 Å². The van der Waals surface area contributed by atoms with Crippen LogP contribution in [0.4, 0.5) is 8.78 Å². The van der Waals surface area contributed by atoms with Gasteiger partial charge in [0.05, 0.1) is 19.8 Å². The van der Waals surface area contributed by atoms with Gasteiger partial charge >= 0.3 is 6.61 Å². The molecule has 1 saturated heterocycles. The normalized spacial score (nSPS) is 17.6. The Morgan fingerprint density at radius 2 is 2.33 bits per heavy atom. The first-order valence-electron chi connectivity index (χ1n) is 7.87. The second kappa shape index (κ2) is 9.39. The average Bonchev–Trinajstić information content (AvgIpc) is 2.56. The van der Waals surface area contributed by atoms with Crippen molar-refractivity contribution < 1.29 is 27.8 Å². The van der Waals surface area contributed by atoms with E-state index in [9.17, 15) is 13.6 Å². The van der Waals surface area contributed by atoms with E-state index in [0.29, 0.717) is 31.9 Å². The van der Waals surface area contributed by atoms with Crippen LogP contribution in [0.1, 0.15) is 18.9 Å². The third kappa shape index (κ3) is 5.61. The van der Waals surface area contributed by atoms with Crippen LogP contribution in [-0.4, -0.2) is 44.9 Å². The molecule has 0 aromatic heterocycles. The van der Waals surface area contributed by atoms with Gasteiger partial charge in [0.1, 0.15) is 0 Å². The number of hydrogen-bond donors (Lipinski definition) is 2. The van der Waals surface area contributed by atoms with Gasteiger partial charge in [0, 0.05) is 31.1 Å². The number of benzene rings is 1. The Labute approximate surface area is 139 Å². The SMILES string of the molecule is CCOc1cccc(CNC(=O)CC2COCCN2)c1OC(F)F. The molecule has 0 radical (unpaired) electrons. The van der Waals surface area contributed by atoms with Gasteiger partial charge in [-0.3, -0.25) is 4.79 Å². The summed E-state index contributed by atoms with van der Waals surface area (Å²) in [4.78, 5) is 12.0. The molecule has 2 rings (SSSR count). The van der Waals surface area contributed by atoms with E-state index in [0.717, 1.165) is 0 Å². The third-order valence-corrected chi connectivity index (χ3v) is 3.47. The van der Waals surface area contributed by atoms with Crippen molar-refractivity contribution in [3.8, 4) is 11.5 Å². The van der Waals surface area contributed by atoms with E-state index in [2.05, 4.69) is 15.4 Å². The van der Waals surface area contributed by atoms with Crippen LogP contribution < -0.4 is 20.1 Å². The molecule has 0 aliphatic carbocycles. The van der Waals surface area contributed by atoms with E-state index in [1.165, 1.54) is 0 Å². The van der Waals surface area contributed by atoms with Gasteiger partial charge in [0.15, 0.2) is 11.5 Å². The molecule has 1 fully saturated rings. The second-order valence-electron chi connectivity index (χ2n) is 5.26. The molecule has 1 aromatic rings. The molecular formula is C16H22F2N2O4. The Kier molecular flexibility index (Phi) is 7.20. The van der Waals surface area contributed by atoms with E-state index >= 15 is 0 Å². The minimum Gasteiger partial charge on any atom is -0.490 e. The van der Waals surface area contributed by atoms with E-state index in [-0.39, 0.29) is 36.4 Å². The lowest BCUT2D eigenvalue weighted by Crippen LogP contribution is -2.44. The Hall–Kier alpha value is -1.93. The summed E-state index contributed by atoms with van der Waals surface area (Å²) in [5, 5.41) is 5.90. The van der Waals surface area contributed by atoms with Crippen LogP contribution in [0.25, 0.3) is 0 Å². The third-order valence-electron chi connectivity index (χ3n) is 3.47. The summed E-state index contributed by atoms with van der Waals surface area (Å²) in [6.45, 7) is 1.01. The molecule has 24 heavy (non-hydrogen) atoms. The summed E-state index contributed by atoms with van der Waals surface area (Å²) in [7, 11) is 0. The van der Waals surface area contributed by atoms with Crippen molar-refractivity contribution in [3.63, 3.8) is 0 Å². The Morgan fingerprint density at radius 3 is 3.00 bits per heavy atom. The molecule has 1 aliphatic rings. The predicted molar refractivity (Wildman–Crippen MR) is 83.3 cm³/mol. The Bertz CT molecular complexity index is 537. The first kappa shape index (κ1) is 18.4. The molecule has 0 saturated carbocycles. The molecule has 0 spiro atoms. The number of alkyl halides is 2. The quantitative estimate of drug-likeness (QED) is 0.751. The van der Waals surface area contributed by atoms with Crippen LogP contribution in [-0.2, 0) is 16.1 Å². The molecular weight excluding hydrogens is 322 g/mol. The highest BCUT2D eigenvalue weighted by atomic mass is 19.3. The van der Waals surface area contributed by atoms with Gasteiger partial charge in [-0.1, -0.05) is 12.1 Å². The highest BCUT2D eigenvalue weighted by Crippen LogP contribution is 2.32. The van der Waals surface area contributed by atoms with E-state index < -0.39 is 6.61 Å². The highest BCUT2D eigenvalue weighted by molar-refractivity contribution is 5.76. The number of rotatable bonds is 8. The first-order chi connectivity index (χ1) is 11.6. The predicted octanol–water partition coefficient (Wildman–Crippen LogP) is 1.68. The fourth-order valence-electron chi connectivity index (χ4n) is 2.43. The number of carbonyl (C=O) groups is 1. The van der Waals surface area contributed by atoms with Crippen LogP contribution in [0, 0.1) is 0 Å². The van der Waals surface area contributed by atoms with Crippen LogP contribution in [0.5, 0.6) is 11.5 Å². The van der Waals surface area contributed by atoms with Crippen LogP contribution in [0.3, 0.4) is 0 Å². The monoisotopic (exact) mass is 344 g/mol. The molecule has 1 aliphatic heterocycles. The van der Waals surface area contributed by atoms with Gasteiger partial charge in [-0.25, -0.2) is 0 Å². The summed E-state index contributed by atoms with van der Waals surface area (Å²) in [6, 6.07) is 4.80. The van der Waals surface area contributed by atoms with Gasteiger partial charge in [0.25, 0.3) is 0 Å². The Morgan fingerprint density at radius 1 is 1.50 bits per heavy atom. The number of morpholine rings is 1. The molecule has 6 nitrogen and oxygen atoms in total. The fourth-order valence-corrected chi connectivity index (χ4v) is 2.43. The average molecular weight is 344 g/mol. The van der Waals surface area contributed by atoms with E-state index in [1.807, 2.05) is 0 Å². The summed E-state index contributed by atoms with van der Waals surface area (Å²) in [5.74, 6) is -0.0107. The largest absolute Gasteiger partial charge is 0.490 e. The number of nitrogens with one attached hydrogen (secondary N) is 2. The maximum absolute atomic E-state index is 12.6. The van der Waals surface area contributed by atoms with Gasteiger partial charge in [-0.2, -0.15) is 8.78 Å². The maximum atomic E-state index is 12.6. The molecule has 0 bridgehead atoms. The van der Waals surface area contributed by atoms with E-state index in [4.69, 9.17) is 9.47 Å². The van der Waals surface area contributed by atoms with Crippen molar-refractivity contribution >= 4 is 5.91 Å². The zero-order chi connectivity index (χ0) is 17.4. The fraction of sp³-hybridized carbons (Fsp3) is 0.562. The van der Waals surface area contributed by atoms with Gasteiger partial charge < -0.3 is 24.8 Å². The van der Waals surface area contributed by atoms with Crippen LogP contribution in [0.15, 0.2) is 18.2 Å².